The largest absolute Gasteiger partial charge is 0.458 e. The topological polar surface area (TPSA) is 35.9 Å². The maximum absolute atomic E-state index is 6.91. The molecule has 0 unspecified atom stereocenters. The molecule has 0 aliphatic heterocycles. The van der Waals surface area contributed by atoms with Crippen molar-refractivity contribution >= 4 is 32.8 Å². The van der Waals surface area contributed by atoms with E-state index >= 15 is 0 Å². The van der Waals surface area contributed by atoms with Crippen LogP contribution in [0.3, 0.4) is 0 Å². The number of benzene rings is 7. The average Bonchev–Trinajstić information content (AvgIpc) is 3.88. The zero-order valence-corrected chi connectivity index (χ0v) is 45.8. The highest BCUT2D eigenvalue weighted by Crippen LogP contribution is 2.40. The van der Waals surface area contributed by atoms with Gasteiger partial charge in [0.15, 0.2) is 0 Å². The molecule has 0 N–H and O–H groups in total. The number of pyridine rings is 1. The molecule has 0 spiro atoms. The minimum atomic E-state index is -0.176. The van der Waals surface area contributed by atoms with Crippen LogP contribution in [0.2, 0.25) is 0 Å². The number of nitrogens with zero attached hydrogens (tertiary/aromatic N) is 4. The second-order valence-corrected chi connectivity index (χ2v) is 25.3. The molecule has 0 amide bonds. The van der Waals surface area contributed by atoms with E-state index in [1.807, 2.05) is 12.3 Å². The molecule has 0 radical (unpaired) electrons. The highest BCUT2D eigenvalue weighted by atomic mass is 16.5. The van der Waals surface area contributed by atoms with Crippen molar-refractivity contribution < 1.29 is 9.30 Å². The van der Waals surface area contributed by atoms with Gasteiger partial charge in [-0.2, -0.15) is 0 Å². The van der Waals surface area contributed by atoms with Gasteiger partial charge in [0.1, 0.15) is 17.3 Å². The van der Waals surface area contributed by atoms with Crippen molar-refractivity contribution in [1.82, 2.24) is 14.1 Å². The molecule has 0 fully saturated rings. The van der Waals surface area contributed by atoms with E-state index in [1.54, 1.807) is 0 Å². The van der Waals surface area contributed by atoms with Crippen LogP contribution in [0.5, 0.6) is 11.5 Å². The predicted octanol–water partition coefficient (Wildman–Crippen LogP) is 17.8. The van der Waals surface area contributed by atoms with E-state index in [0.29, 0.717) is 0 Å². The summed E-state index contributed by atoms with van der Waals surface area (Å²) in [6.07, 6.45) is 5.90. The molecule has 0 aliphatic carbocycles. The number of imidazole rings is 1. The van der Waals surface area contributed by atoms with Gasteiger partial charge in [-0.15, -0.1) is 0 Å². The number of para-hydroxylation sites is 2. The monoisotopic (exact) mass is 961 g/mol. The quantitative estimate of drug-likeness (QED) is 0.118. The van der Waals surface area contributed by atoms with E-state index in [2.05, 4.69) is 276 Å². The van der Waals surface area contributed by atoms with Gasteiger partial charge in [-0.25, -0.2) is 4.98 Å². The van der Waals surface area contributed by atoms with Crippen LogP contribution in [0, 0.1) is 6.33 Å². The molecular formula is C68H72N4O. The Bertz CT molecular complexity index is 3700. The lowest BCUT2D eigenvalue weighted by molar-refractivity contribution is -0.572. The predicted molar refractivity (Wildman–Crippen MR) is 307 cm³/mol. The third kappa shape index (κ3) is 9.51. The highest BCUT2D eigenvalue weighted by Gasteiger charge is 2.27. The summed E-state index contributed by atoms with van der Waals surface area (Å²) in [4.78, 5) is 4.93. The maximum Gasteiger partial charge on any atom is 0.269 e. The molecule has 73 heavy (non-hydrogen) atoms. The van der Waals surface area contributed by atoms with Gasteiger partial charge in [0.25, 0.3) is 6.33 Å². The molecule has 0 saturated heterocycles. The molecule has 0 aliphatic rings. The van der Waals surface area contributed by atoms with E-state index < -0.39 is 0 Å². The fourth-order valence-corrected chi connectivity index (χ4v) is 10.2. The number of fused-ring (bicyclic) bond motifs is 4. The SMILES string of the molecule is CC(C)(C)c1cccc(-c2cccc(C(C)(C)C)c2-[n+]2[c-]n(-c3cccc(Oc4ccc5c6ccccc6n(-c6cc(C(C)(C)C)ccn6)c5c4)c3)c3cc(-c4cc(C(C)(C)C)cc(C(C)(C)C)c4)ccc32)c1. The van der Waals surface area contributed by atoms with Crippen molar-refractivity contribution in [3.8, 4) is 50.9 Å². The Kier molecular flexibility index (Phi) is 12.0. The third-order valence-electron chi connectivity index (χ3n) is 14.6. The van der Waals surface area contributed by atoms with E-state index in [-0.39, 0.29) is 27.1 Å². The summed E-state index contributed by atoms with van der Waals surface area (Å²) in [5.41, 5.74) is 17.2. The van der Waals surface area contributed by atoms with Gasteiger partial charge >= 0.3 is 0 Å². The van der Waals surface area contributed by atoms with Crippen LogP contribution in [0.4, 0.5) is 0 Å². The van der Waals surface area contributed by atoms with E-state index in [9.17, 15) is 0 Å². The van der Waals surface area contributed by atoms with E-state index in [4.69, 9.17) is 9.72 Å². The van der Waals surface area contributed by atoms with E-state index in [0.717, 1.165) is 61.7 Å². The molecule has 370 valence electrons. The number of hydrogen-bond donors (Lipinski definition) is 0. The number of hydrogen-bond acceptors (Lipinski definition) is 2. The first kappa shape index (κ1) is 49.3. The van der Waals surface area contributed by atoms with Crippen molar-refractivity contribution in [3.63, 3.8) is 0 Å². The second-order valence-electron chi connectivity index (χ2n) is 25.3. The number of aromatic nitrogens is 4. The number of rotatable bonds is 7. The summed E-state index contributed by atoms with van der Waals surface area (Å²) < 4.78 is 13.7. The Morgan fingerprint density at radius 2 is 1.07 bits per heavy atom. The highest BCUT2D eigenvalue weighted by molar-refractivity contribution is 6.09. The molecule has 5 nitrogen and oxygen atoms in total. The standard InChI is InChI=1S/C68H72N4O/c1-64(2,3)47-22-18-21-45(35-47)54-26-20-27-57(68(13,14)15)63(54)71-43-70(61-38-44(29-32-59(61)71)46-36-49(66(7,8)9)39-50(37-46)67(10,11)12)51-23-19-24-52(41-51)73-53-30-31-56-55-25-16-17-28-58(55)72(60(56)42-53)62-40-48(33-34-69-62)65(4,5)6/h16-42H,1-15H3. The summed E-state index contributed by atoms with van der Waals surface area (Å²) in [5, 5.41) is 2.32. The second kappa shape index (κ2) is 17.8. The van der Waals surface area contributed by atoms with Crippen LogP contribution in [0.1, 0.15) is 132 Å². The van der Waals surface area contributed by atoms with Gasteiger partial charge in [0, 0.05) is 23.0 Å². The average molecular weight is 961 g/mol. The van der Waals surface area contributed by atoms with Crippen molar-refractivity contribution in [2.75, 3.05) is 0 Å². The number of ether oxygens (including phenoxy) is 1. The van der Waals surface area contributed by atoms with Crippen LogP contribution in [-0.4, -0.2) is 14.1 Å². The van der Waals surface area contributed by atoms with Crippen molar-refractivity contribution in [2.24, 2.45) is 0 Å². The molecule has 3 heterocycles. The Morgan fingerprint density at radius 1 is 0.438 bits per heavy atom. The van der Waals surface area contributed by atoms with Crippen LogP contribution in [-0.2, 0) is 27.1 Å². The van der Waals surface area contributed by atoms with Gasteiger partial charge in [0.2, 0.25) is 0 Å². The Hall–Kier alpha value is -7.24. The molecule has 10 aromatic rings. The van der Waals surface area contributed by atoms with Crippen LogP contribution < -0.4 is 9.30 Å². The van der Waals surface area contributed by atoms with Crippen LogP contribution >= 0.6 is 0 Å². The molecular weight excluding hydrogens is 889 g/mol. The first-order valence-corrected chi connectivity index (χ1v) is 26.0. The van der Waals surface area contributed by atoms with Gasteiger partial charge in [-0.1, -0.05) is 201 Å². The Morgan fingerprint density at radius 3 is 1.77 bits per heavy atom. The first-order chi connectivity index (χ1) is 34.3. The normalized spacial score (nSPS) is 12.9. The van der Waals surface area contributed by atoms with Gasteiger partial charge in [-0.05, 0) is 132 Å². The summed E-state index contributed by atoms with van der Waals surface area (Å²) in [6.45, 7) is 34.4. The van der Waals surface area contributed by atoms with Crippen LogP contribution in [0.15, 0.2) is 164 Å². The molecule has 7 aromatic carbocycles. The minimum Gasteiger partial charge on any atom is -0.458 e. The maximum atomic E-state index is 6.91. The van der Waals surface area contributed by atoms with Crippen molar-refractivity contribution in [2.45, 2.75) is 131 Å². The van der Waals surface area contributed by atoms with Crippen molar-refractivity contribution in [3.05, 3.63) is 198 Å². The fourth-order valence-electron chi connectivity index (χ4n) is 10.2. The lowest BCUT2D eigenvalue weighted by atomic mass is 9.79. The molecule has 0 atom stereocenters. The zero-order valence-electron chi connectivity index (χ0n) is 45.8. The molecule has 3 aromatic heterocycles. The van der Waals surface area contributed by atoms with Crippen LogP contribution in [0.25, 0.3) is 72.3 Å². The zero-order chi connectivity index (χ0) is 52.0. The van der Waals surface area contributed by atoms with Gasteiger partial charge in [0.05, 0.1) is 33.4 Å². The first-order valence-electron chi connectivity index (χ1n) is 26.0. The summed E-state index contributed by atoms with van der Waals surface area (Å²) in [7, 11) is 0. The smallest absolute Gasteiger partial charge is 0.269 e. The lowest BCUT2D eigenvalue weighted by Gasteiger charge is -2.27. The summed E-state index contributed by atoms with van der Waals surface area (Å²) in [6, 6.07) is 57.8. The van der Waals surface area contributed by atoms with Crippen molar-refractivity contribution in [1.29, 1.82) is 0 Å². The minimum absolute atomic E-state index is 0.00677. The Labute approximate surface area is 434 Å². The molecule has 5 heteroatoms. The lowest BCUT2D eigenvalue weighted by Crippen LogP contribution is -2.34. The van der Waals surface area contributed by atoms with Gasteiger partial charge < -0.3 is 4.74 Å². The summed E-state index contributed by atoms with van der Waals surface area (Å²) in [5.74, 6) is 2.36. The molecule has 10 rings (SSSR count). The van der Waals surface area contributed by atoms with Gasteiger partial charge in [-0.3, -0.25) is 13.7 Å². The van der Waals surface area contributed by atoms with E-state index in [1.165, 1.54) is 49.9 Å². The Balaban J connectivity index is 1.17. The fraction of sp³-hybridized carbons (Fsp3) is 0.294. The summed E-state index contributed by atoms with van der Waals surface area (Å²) >= 11 is 0. The third-order valence-corrected chi connectivity index (χ3v) is 14.6. The molecule has 0 bridgehead atoms. The molecule has 0 saturated carbocycles.